The van der Waals surface area contributed by atoms with E-state index in [4.69, 9.17) is 10.5 Å². The molecule has 0 amide bonds. The molecule has 2 N–H and O–H groups in total. The molecule has 0 aromatic rings. The highest BCUT2D eigenvalue weighted by Gasteiger charge is 2.44. The summed E-state index contributed by atoms with van der Waals surface area (Å²) < 4.78 is 5.99. The van der Waals surface area contributed by atoms with Crippen LogP contribution in [0, 0.1) is 11.8 Å². The maximum absolute atomic E-state index is 6.01. The monoisotopic (exact) mass is 209 g/mol. The standard InChI is InChI=1S/C13H23NO/c14-12-3-2-10(8-12)11-4-7-15-13(9-11)5-1-6-13/h10-12H,1-9,14H2. The highest BCUT2D eigenvalue weighted by molar-refractivity contribution is 4.96. The molecular weight excluding hydrogens is 186 g/mol. The Labute approximate surface area is 92.6 Å². The van der Waals surface area contributed by atoms with E-state index in [0.717, 1.165) is 18.4 Å². The van der Waals surface area contributed by atoms with Gasteiger partial charge in [-0.25, -0.2) is 0 Å². The Hall–Kier alpha value is -0.0800. The van der Waals surface area contributed by atoms with E-state index in [-0.39, 0.29) is 0 Å². The lowest BCUT2D eigenvalue weighted by molar-refractivity contribution is -0.149. The van der Waals surface area contributed by atoms with Crippen molar-refractivity contribution in [1.29, 1.82) is 0 Å². The van der Waals surface area contributed by atoms with Crippen molar-refractivity contribution in [2.24, 2.45) is 17.6 Å². The Morgan fingerprint density at radius 1 is 1.07 bits per heavy atom. The average Bonchev–Trinajstić information content (AvgIpc) is 2.63. The molecule has 3 unspecified atom stereocenters. The topological polar surface area (TPSA) is 35.2 Å². The fraction of sp³-hybridized carbons (Fsp3) is 1.00. The summed E-state index contributed by atoms with van der Waals surface area (Å²) in [6, 6.07) is 0.496. The van der Waals surface area contributed by atoms with E-state index in [2.05, 4.69) is 0 Å². The molecule has 3 atom stereocenters. The van der Waals surface area contributed by atoms with Gasteiger partial charge < -0.3 is 10.5 Å². The van der Waals surface area contributed by atoms with Crippen LogP contribution in [-0.2, 0) is 4.74 Å². The van der Waals surface area contributed by atoms with Gasteiger partial charge in [0, 0.05) is 12.6 Å². The van der Waals surface area contributed by atoms with Gasteiger partial charge >= 0.3 is 0 Å². The maximum atomic E-state index is 6.01. The number of nitrogens with two attached hydrogens (primary N) is 1. The van der Waals surface area contributed by atoms with Crippen LogP contribution in [0.4, 0.5) is 0 Å². The molecule has 0 bridgehead atoms. The summed E-state index contributed by atoms with van der Waals surface area (Å²) in [4.78, 5) is 0. The molecule has 2 aliphatic carbocycles. The summed E-state index contributed by atoms with van der Waals surface area (Å²) in [7, 11) is 0. The summed E-state index contributed by atoms with van der Waals surface area (Å²) in [5, 5.41) is 0. The highest BCUT2D eigenvalue weighted by Crippen LogP contribution is 2.48. The van der Waals surface area contributed by atoms with Crippen molar-refractivity contribution >= 4 is 0 Å². The van der Waals surface area contributed by atoms with Crippen LogP contribution in [0.15, 0.2) is 0 Å². The van der Waals surface area contributed by atoms with Gasteiger partial charge in [-0.2, -0.15) is 0 Å². The normalized spacial score (nSPS) is 44.2. The van der Waals surface area contributed by atoms with Crippen LogP contribution < -0.4 is 5.73 Å². The summed E-state index contributed by atoms with van der Waals surface area (Å²) in [6.07, 6.45) is 10.6. The Morgan fingerprint density at radius 2 is 1.93 bits per heavy atom. The second-order valence-corrected chi connectivity index (χ2v) is 5.97. The molecule has 1 spiro atoms. The molecule has 15 heavy (non-hydrogen) atoms. The lowest BCUT2D eigenvalue weighted by atomic mass is 9.69. The van der Waals surface area contributed by atoms with Crippen LogP contribution in [0.5, 0.6) is 0 Å². The zero-order chi connectivity index (χ0) is 10.3. The third-order valence-corrected chi connectivity index (χ3v) is 4.98. The highest BCUT2D eigenvalue weighted by atomic mass is 16.5. The number of ether oxygens (including phenoxy) is 1. The predicted octanol–water partition coefficient (Wildman–Crippen LogP) is 2.46. The van der Waals surface area contributed by atoms with Gasteiger partial charge in [-0.1, -0.05) is 0 Å². The molecule has 3 aliphatic rings. The van der Waals surface area contributed by atoms with Gasteiger partial charge in [0.25, 0.3) is 0 Å². The van der Waals surface area contributed by atoms with E-state index in [0.29, 0.717) is 11.6 Å². The Kier molecular flexibility index (Phi) is 2.52. The first kappa shape index (κ1) is 10.1. The Bertz CT molecular complexity index is 237. The third kappa shape index (κ3) is 1.83. The van der Waals surface area contributed by atoms with Gasteiger partial charge in [-0.3, -0.25) is 0 Å². The van der Waals surface area contributed by atoms with E-state index in [1.807, 2.05) is 0 Å². The molecule has 86 valence electrons. The van der Waals surface area contributed by atoms with Crippen LogP contribution in [0.25, 0.3) is 0 Å². The van der Waals surface area contributed by atoms with E-state index in [1.54, 1.807) is 0 Å². The van der Waals surface area contributed by atoms with Crippen molar-refractivity contribution in [2.45, 2.75) is 63.0 Å². The fourth-order valence-electron chi connectivity index (χ4n) is 3.87. The predicted molar refractivity (Wildman–Crippen MR) is 60.6 cm³/mol. The Morgan fingerprint density at radius 3 is 2.53 bits per heavy atom. The van der Waals surface area contributed by atoms with Gasteiger partial charge in [0.1, 0.15) is 0 Å². The first-order valence-corrected chi connectivity index (χ1v) is 6.67. The molecule has 1 aliphatic heterocycles. The zero-order valence-corrected chi connectivity index (χ0v) is 9.58. The summed E-state index contributed by atoms with van der Waals surface area (Å²) in [6.45, 7) is 1.01. The molecule has 2 saturated carbocycles. The SMILES string of the molecule is NC1CCC(C2CCOC3(CCC3)C2)C1. The molecule has 3 rings (SSSR count). The molecule has 2 nitrogen and oxygen atoms in total. The van der Waals surface area contributed by atoms with Crippen LogP contribution in [0.1, 0.15) is 51.4 Å². The lowest BCUT2D eigenvalue weighted by Gasteiger charge is -2.48. The number of hydrogen-bond acceptors (Lipinski definition) is 2. The lowest BCUT2D eigenvalue weighted by Crippen LogP contribution is -2.46. The van der Waals surface area contributed by atoms with Crippen molar-refractivity contribution in [2.75, 3.05) is 6.61 Å². The quantitative estimate of drug-likeness (QED) is 0.720. The van der Waals surface area contributed by atoms with Crippen molar-refractivity contribution in [3.8, 4) is 0 Å². The fourth-order valence-corrected chi connectivity index (χ4v) is 3.87. The molecule has 2 heteroatoms. The van der Waals surface area contributed by atoms with E-state index >= 15 is 0 Å². The maximum Gasteiger partial charge on any atom is 0.0685 e. The van der Waals surface area contributed by atoms with Gasteiger partial charge in [0.2, 0.25) is 0 Å². The molecule has 1 saturated heterocycles. The minimum absolute atomic E-state index is 0.329. The molecule has 3 fully saturated rings. The van der Waals surface area contributed by atoms with Crippen molar-refractivity contribution in [1.82, 2.24) is 0 Å². The number of hydrogen-bond donors (Lipinski definition) is 1. The molecule has 0 radical (unpaired) electrons. The van der Waals surface area contributed by atoms with Gasteiger partial charge in [-0.05, 0) is 63.2 Å². The van der Waals surface area contributed by atoms with Crippen LogP contribution >= 0.6 is 0 Å². The van der Waals surface area contributed by atoms with Crippen LogP contribution in [-0.4, -0.2) is 18.2 Å². The molecule has 0 aromatic carbocycles. The van der Waals surface area contributed by atoms with Gasteiger partial charge in [-0.15, -0.1) is 0 Å². The van der Waals surface area contributed by atoms with E-state index in [9.17, 15) is 0 Å². The summed E-state index contributed by atoms with van der Waals surface area (Å²) in [5.74, 6) is 1.84. The third-order valence-electron chi connectivity index (χ3n) is 4.98. The largest absolute Gasteiger partial charge is 0.375 e. The second-order valence-electron chi connectivity index (χ2n) is 5.97. The van der Waals surface area contributed by atoms with Crippen molar-refractivity contribution < 1.29 is 4.74 Å². The van der Waals surface area contributed by atoms with Crippen molar-refractivity contribution in [3.63, 3.8) is 0 Å². The van der Waals surface area contributed by atoms with Crippen LogP contribution in [0.2, 0.25) is 0 Å². The zero-order valence-electron chi connectivity index (χ0n) is 9.58. The van der Waals surface area contributed by atoms with E-state index < -0.39 is 0 Å². The second kappa shape index (κ2) is 3.74. The first-order valence-electron chi connectivity index (χ1n) is 6.67. The van der Waals surface area contributed by atoms with Crippen molar-refractivity contribution in [3.05, 3.63) is 0 Å². The van der Waals surface area contributed by atoms with Gasteiger partial charge in [0.15, 0.2) is 0 Å². The van der Waals surface area contributed by atoms with Gasteiger partial charge in [0.05, 0.1) is 5.60 Å². The molecule has 1 heterocycles. The molecular formula is C13H23NO. The number of rotatable bonds is 1. The minimum Gasteiger partial charge on any atom is -0.375 e. The smallest absolute Gasteiger partial charge is 0.0685 e. The summed E-state index contributed by atoms with van der Waals surface area (Å²) in [5.41, 5.74) is 6.34. The summed E-state index contributed by atoms with van der Waals surface area (Å²) >= 11 is 0. The Balaban J connectivity index is 1.61. The molecule has 0 aromatic heterocycles. The van der Waals surface area contributed by atoms with E-state index in [1.165, 1.54) is 51.4 Å². The average molecular weight is 209 g/mol. The first-order chi connectivity index (χ1) is 7.27. The van der Waals surface area contributed by atoms with Crippen LogP contribution in [0.3, 0.4) is 0 Å². The minimum atomic E-state index is 0.329.